The van der Waals surface area contributed by atoms with Crippen LogP contribution in [0.5, 0.6) is 0 Å². The van der Waals surface area contributed by atoms with Crippen molar-refractivity contribution in [1.29, 1.82) is 0 Å². The molecule has 0 unspecified atom stereocenters. The molecule has 178 valence electrons. The third kappa shape index (κ3) is 4.52. The Balaban J connectivity index is 1.50. The molecule has 0 aliphatic heterocycles. The molecule has 1 aliphatic carbocycles. The number of nitrogens with one attached hydrogen (secondary N) is 2. The van der Waals surface area contributed by atoms with Crippen molar-refractivity contribution in [2.45, 2.75) is 32.3 Å². The minimum Gasteiger partial charge on any atom is -0.392 e. The van der Waals surface area contributed by atoms with Crippen LogP contribution in [0.4, 0.5) is 5.95 Å². The van der Waals surface area contributed by atoms with E-state index in [0.717, 1.165) is 42.5 Å². The summed E-state index contributed by atoms with van der Waals surface area (Å²) in [6.07, 6.45) is 7.03. The van der Waals surface area contributed by atoms with E-state index in [2.05, 4.69) is 32.7 Å². The Bertz CT molecular complexity index is 1460. The monoisotopic (exact) mass is 469 g/mol. The topological polar surface area (TPSA) is 109 Å². The van der Waals surface area contributed by atoms with Crippen LogP contribution in [0.3, 0.4) is 0 Å². The maximum absolute atomic E-state index is 13.1. The Kier molecular flexibility index (Phi) is 6.29. The first-order valence-electron chi connectivity index (χ1n) is 11.8. The number of benzene rings is 2. The summed E-state index contributed by atoms with van der Waals surface area (Å²) in [6.45, 7) is 0.625. The minimum atomic E-state index is -0.443. The minimum absolute atomic E-state index is 0.0248. The number of amides is 1. The number of nitrogens with zero attached hydrogens (tertiary/aromatic N) is 3. The molecule has 1 aliphatic rings. The van der Waals surface area contributed by atoms with Crippen LogP contribution >= 0.6 is 0 Å². The van der Waals surface area contributed by atoms with Gasteiger partial charge < -0.3 is 20.3 Å². The molecule has 2 heterocycles. The van der Waals surface area contributed by atoms with Gasteiger partial charge >= 0.3 is 0 Å². The third-order valence-electron chi connectivity index (χ3n) is 6.48. The second-order valence-corrected chi connectivity index (χ2v) is 8.71. The van der Waals surface area contributed by atoms with Gasteiger partial charge in [-0.1, -0.05) is 30.3 Å². The van der Waals surface area contributed by atoms with Crippen molar-refractivity contribution in [2.24, 2.45) is 0 Å². The molecule has 3 N–H and O–H groups in total. The van der Waals surface area contributed by atoms with Crippen molar-refractivity contribution in [1.82, 2.24) is 19.9 Å². The lowest BCUT2D eigenvalue weighted by atomic mass is 10.1. The van der Waals surface area contributed by atoms with Crippen molar-refractivity contribution < 1.29 is 9.90 Å². The summed E-state index contributed by atoms with van der Waals surface area (Å²) in [5.74, 6) is -0.0345. The van der Waals surface area contributed by atoms with Crippen molar-refractivity contribution in [2.75, 3.05) is 18.9 Å². The van der Waals surface area contributed by atoms with Crippen LogP contribution in [0.25, 0.3) is 16.7 Å². The highest BCUT2D eigenvalue weighted by Crippen LogP contribution is 2.26. The summed E-state index contributed by atoms with van der Waals surface area (Å²) in [5.41, 5.74) is 5.59. The highest BCUT2D eigenvalue weighted by Gasteiger charge is 2.19. The molecule has 0 saturated carbocycles. The van der Waals surface area contributed by atoms with Crippen molar-refractivity contribution in [3.05, 3.63) is 92.9 Å². The van der Waals surface area contributed by atoms with E-state index in [1.54, 1.807) is 10.8 Å². The summed E-state index contributed by atoms with van der Waals surface area (Å²) in [5, 5.41) is 15.3. The summed E-state index contributed by atoms with van der Waals surface area (Å²) < 4.78 is 1.81. The zero-order chi connectivity index (χ0) is 24.4. The third-order valence-corrected chi connectivity index (χ3v) is 6.48. The van der Waals surface area contributed by atoms with Gasteiger partial charge in [-0.25, -0.2) is 4.98 Å². The first kappa shape index (κ1) is 22.7. The van der Waals surface area contributed by atoms with E-state index in [0.29, 0.717) is 18.1 Å². The first-order chi connectivity index (χ1) is 17.1. The number of carbonyl (C=O) groups excluding carboxylic acids is 1. The van der Waals surface area contributed by atoms with E-state index in [4.69, 9.17) is 0 Å². The van der Waals surface area contributed by atoms with Crippen LogP contribution in [-0.2, 0) is 25.9 Å². The number of aliphatic hydroxyl groups is 1. The summed E-state index contributed by atoms with van der Waals surface area (Å²) in [6, 6.07) is 14.0. The molecule has 8 nitrogen and oxygen atoms in total. The first-order valence-corrected chi connectivity index (χ1v) is 11.8. The number of aliphatic hydroxyl groups excluding tert-OH is 1. The maximum atomic E-state index is 13.1. The molecular formula is C27H27N5O3. The lowest BCUT2D eigenvalue weighted by Gasteiger charge is -2.14. The fourth-order valence-electron chi connectivity index (χ4n) is 4.53. The fraction of sp³-hybridized carbons (Fsp3) is 0.259. The molecule has 35 heavy (non-hydrogen) atoms. The molecule has 5 rings (SSSR count). The molecule has 0 fully saturated rings. The predicted molar refractivity (Wildman–Crippen MR) is 135 cm³/mol. The van der Waals surface area contributed by atoms with Gasteiger partial charge in [0.1, 0.15) is 5.56 Å². The fourth-order valence-corrected chi connectivity index (χ4v) is 4.53. The number of rotatable bonds is 7. The number of hydrogen-bond acceptors (Lipinski definition) is 6. The van der Waals surface area contributed by atoms with Gasteiger partial charge in [0.25, 0.3) is 5.91 Å². The normalized spacial score (nSPS) is 12.5. The molecule has 0 radical (unpaired) electrons. The average Bonchev–Trinajstić information content (AvgIpc) is 3.37. The van der Waals surface area contributed by atoms with Crippen molar-refractivity contribution in [3.8, 4) is 5.69 Å². The van der Waals surface area contributed by atoms with Crippen molar-refractivity contribution in [3.63, 3.8) is 0 Å². The molecule has 2 aromatic carbocycles. The summed E-state index contributed by atoms with van der Waals surface area (Å²) in [7, 11) is 1.51. The number of hydrogen-bond donors (Lipinski definition) is 3. The Morgan fingerprint density at radius 1 is 1.09 bits per heavy atom. The van der Waals surface area contributed by atoms with Crippen LogP contribution in [0.2, 0.25) is 0 Å². The van der Waals surface area contributed by atoms with Gasteiger partial charge in [0.15, 0.2) is 5.65 Å². The van der Waals surface area contributed by atoms with Gasteiger partial charge in [0.2, 0.25) is 11.4 Å². The van der Waals surface area contributed by atoms with Crippen LogP contribution in [0, 0.1) is 0 Å². The molecule has 8 heteroatoms. The second-order valence-electron chi connectivity index (χ2n) is 8.71. The molecule has 0 bridgehead atoms. The second kappa shape index (κ2) is 9.68. The number of aromatic nitrogens is 3. The van der Waals surface area contributed by atoms with Gasteiger partial charge in [-0.05, 0) is 60.1 Å². The average molecular weight is 470 g/mol. The molecule has 0 atom stereocenters. The van der Waals surface area contributed by atoms with Gasteiger partial charge in [-0.2, -0.15) is 4.98 Å². The SMILES string of the molecule is CNC(=O)c1cn(-c2ccc3c(c2)CCC3)c2nc(NCCc3ccc(CO)cc3)ncc2c1=O. The quantitative estimate of drug-likeness (QED) is 0.384. The Morgan fingerprint density at radius 2 is 1.86 bits per heavy atom. The Hall–Kier alpha value is -4.04. The zero-order valence-corrected chi connectivity index (χ0v) is 19.5. The number of carbonyl (C=O) groups is 1. The van der Waals surface area contributed by atoms with E-state index < -0.39 is 11.3 Å². The lowest BCUT2D eigenvalue weighted by Crippen LogP contribution is -2.27. The Labute approximate surface area is 202 Å². The summed E-state index contributed by atoms with van der Waals surface area (Å²) >= 11 is 0. The van der Waals surface area contributed by atoms with Gasteiger partial charge in [-0.3, -0.25) is 9.59 Å². The van der Waals surface area contributed by atoms with E-state index in [-0.39, 0.29) is 17.6 Å². The summed E-state index contributed by atoms with van der Waals surface area (Å²) in [4.78, 5) is 34.5. The highest BCUT2D eigenvalue weighted by molar-refractivity contribution is 5.97. The van der Waals surface area contributed by atoms with Gasteiger partial charge in [0.05, 0.1) is 12.0 Å². The number of anilines is 1. The largest absolute Gasteiger partial charge is 0.392 e. The van der Waals surface area contributed by atoms with Gasteiger partial charge in [-0.15, -0.1) is 0 Å². The Morgan fingerprint density at radius 3 is 2.63 bits per heavy atom. The number of pyridine rings is 1. The number of aryl methyl sites for hydroxylation is 2. The van der Waals surface area contributed by atoms with Crippen LogP contribution in [-0.4, -0.2) is 39.1 Å². The van der Waals surface area contributed by atoms with Crippen molar-refractivity contribution >= 4 is 22.9 Å². The van der Waals surface area contributed by atoms with E-state index >= 15 is 0 Å². The molecule has 4 aromatic rings. The van der Waals surface area contributed by atoms with E-state index in [1.807, 2.05) is 30.3 Å². The standard InChI is InChI=1S/C27H27N5O3/c1-28-26(35)23-15-32(21-10-9-19-3-2-4-20(19)13-21)25-22(24(23)34)14-30-27(31-25)29-12-11-17-5-7-18(16-33)8-6-17/h5-10,13-15,33H,2-4,11-12,16H2,1H3,(H,28,35)(H,29,30,31). The molecule has 2 aromatic heterocycles. The molecule has 0 spiro atoms. The van der Waals surface area contributed by atoms with Crippen LogP contribution in [0.1, 0.15) is 39.0 Å². The van der Waals surface area contributed by atoms with E-state index in [9.17, 15) is 14.7 Å². The molecule has 1 amide bonds. The zero-order valence-electron chi connectivity index (χ0n) is 19.5. The lowest BCUT2D eigenvalue weighted by molar-refractivity contribution is 0.0961. The number of fused-ring (bicyclic) bond motifs is 2. The van der Waals surface area contributed by atoms with Crippen LogP contribution < -0.4 is 16.1 Å². The smallest absolute Gasteiger partial charge is 0.256 e. The van der Waals surface area contributed by atoms with Crippen LogP contribution in [0.15, 0.2) is 59.7 Å². The maximum Gasteiger partial charge on any atom is 0.256 e. The van der Waals surface area contributed by atoms with Gasteiger partial charge in [0, 0.05) is 31.7 Å². The highest BCUT2D eigenvalue weighted by atomic mass is 16.3. The molecular weight excluding hydrogens is 442 g/mol. The van der Waals surface area contributed by atoms with E-state index in [1.165, 1.54) is 24.4 Å². The predicted octanol–water partition coefficient (Wildman–Crippen LogP) is 2.78. The molecule has 0 saturated heterocycles.